The highest BCUT2D eigenvalue weighted by Gasteiger charge is 2.31. The maximum atomic E-state index is 13.8. The summed E-state index contributed by atoms with van der Waals surface area (Å²) in [5.74, 6) is -2.18. The Morgan fingerprint density at radius 2 is 1.86 bits per heavy atom. The third kappa shape index (κ3) is 2.20. The van der Waals surface area contributed by atoms with Crippen LogP contribution in [-0.2, 0) is 13.2 Å². The van der Waals surface area contributed by atoms with Crippen LogP contribution in [0.5, 0.6) is 0 Å². The Kier molecular flexibility index (Phi) is 3.12. The normalized spacial score (nSPS) is 12.1. The first kappa shape index (κ1) is 14.4. The van der Waals surface area contributed by atoms with Crippen LogP contribution in [0.1, 0.15) is 5.56 Å². The Labute approximate surface area is 121 Å². The van der Waals surface area contributed by atoms with E-state index in [1.807, 2.05) is 0 Å². The van der Waals surface area contributed by atoms with Crippen LogP contribution in [0.2, 0.25) is 0 Å². The number of fused-ring (bicyclic) bond motifs is 1. The molecule has 1 aromatic carbocycles. The fourth-order valence-electron chi connectivity index (χ4n) is 2.15. The number of benzene rings is 1. The van der Waals surface area contributed by atoms with E-state index >= 15 is 0 Å². The number of hydrogen-bond donors (Lipinski definition) is 0. The van der Waals surface area contributed by atoms with E-state index in [0.29, 0.717) is 6.20 Å². The van der Waals surface area contributed by atoms with Gasteiger partial charge in [-0.15, -0.1) is 0 Å². The quantitative estimate of drug-likeness (QED) is 0.637. The van der Waals surface area contributed by atoms with Crippen LogP contribution in [-0.4, -0.2) is 14.5 Å². The molecule has 3 aromatic rings. The topological polar surface area (TPSA) is 30.7 Å². The Morgan fingerprint density at radius 3 is 2.55 bits per heavy atom. The fourth-order valence-corrected chi connectivity index (χ4v) is 2.15. The molecule has 22 heavy (non-hydrogen) atoms. The van der Waals surface area contributed by atoms with Crippen molar-refractivity contribution in [2.45, 2.75) is 6.18 Å². The summed E-state index contributed by atoms with van der Waals surface area (Å²) in [6, 6.07) is 4.36. The lowest BCUT2D eigenvalue weighted by Crippen LogP contribution is -2.05. The Morgan fingerprint density at radius 1 is 1.14 bits per heavy atom. The van der Waals surface area contributed by atoms with E-state index in [-0.39, 0.29) is 22.6 Å². The van der Waals surface area contributed by atoms with E-state index in [1.165, 1.54) is 23.7 Å². The van der Waals surface area contributed by atoms with E-state index in [9.17, 15) is 22.0 Å². The zero-order chi connectivity index (χ0) is 16.1. The summed E-state index contributed by atoms with van der Waals surface area (Å²) in [4.78, 5) is 7.66. The molecule has 0 saturated carbocycles. The molecule has 0 aliphatic carbocycles. The first-order chi connectivity index (χ1) is 10.3. The fraction of sp³-hybridized carbons (Fsp3) is 0.143. The van der Waals surface area contributed by atoms with Crippen molar-refractivity contribution in [3.63, 3.8) is 0 Å². The summed E-state index contributed by atoms with van der Waals surface area (Å²) in [6.07, 6.45) is -3.88. The average Bonchev–Trinajstić information content (AvgIpc) is 2.78. The van der Waals surface area contributed by atoms with Crippen molar-refractivity contribution in [1.82, 2.24) is 14.5 Å². The van der Waals surface area contributed by atoms with Crippen molar-refractivity contribution in [1.29, 1.82) is 0 Å². The summed E-state index contributed by atoms with van der Waals surface area (Å²) >= 11 is 0. The molecule has 2 heterocycles. The molecule has 0 atom stereocenters. The highest BCUT2D eigenvalue weighted by Crippen LogP contribution is 2.32. The van der Waals surface area contributed by atoms with Crippen LogP contribution in [0, 0.1) is 11.6 Å². The van der Waals surface area contributed by atoms with Crippen molar-refractivity contribution in [2.24, 2.45) is 7.05 Å². The molecule has 0 fully saturated rings. The minimum Gasteiger partial charge on any atom is -0.312 e. The van der Waals surface area contributed by atoms with E-state index in [4.69, 9.17) is 0 Å². The molecule has 0 unspecified atom stereocenters. The van der Waals surface area contributed by atoms with Crippen LogP contribution >= 0.6 is 0 Å². The smallest absolute Gasteiger partial charge is 0.312 e. The lowest BCUT2D eigenvalue weighted by atomic mass is 10.2. The zero-order valence-electron chi connectivity index (χ0n) is 11.1. The van der Waals surface area contributed by atoms with Gasteiger partial charge in [0.25, 0.3) is 0 Å². The van der Waals surface area contributed by atoms with Gasteiger partial charge in [-0.3, -0.25) is 0 Å². The first-order valence-corrected chi connectivity index (χ1v) is 6.13. The molecule has 2 aromatic heterocycles. The summed E-state index contributed by atoms with van der Waals surface area (Å²) < 4.78 is 66.5. The summed E-state index contributed by atoms with van der Waals surface area (Å²) in [6.45, 7) is 0. The molecule has 8 heteroatoms. The summed E-state index contributed by atoms with van der Waals surface area (Å²) in [7, 11) is 1.47. The molecular weight excluding hydrogens is 305 g/mol. The van der Waals surface area contributed by atoms with E-state index in [0.717, 1.165) is 12.1 Å². The van der Waals surface area contributed by atoms with Crippen molar-refractivity contribution in [2.75, 3.05) is 0 Å². The SMILES string of the molecule is Cn1c(-c2cccc(F)c2F)nc2cc(C(F)(F)F)cnc21. The van der Waals surface area contributed by atoms with Crippen molar-refractivity contribution >= 4 is 11.2 Å². The second-order valence-corrected chi connectivity index (χ2v) is 4.66. The molecule has 0 aliphatic heterocycles. The minimum atomic E-state index is -4.55. The molecule has 3 nitrogen and oxygen atoms in total. The van der Waals surface area contributed by atoms with Gasteiger partial charge in [0.1, 0.15) is 11.3 Å². The van der Waals surface area contributed by atoms with Crippen LogP contribution in [0.3, 0.4) is 0 Å². The molecule has 0 N–H and O–H groups in total. The Hall–Kier alpha value is -2.51. The monoisotopic (exact) mass is 313 g/mol. The number of rotatable bonds is 1. The molecule has 0 amide bonds. The van der Waals surface area contributed by atoms with Gasteiger partial charge in [-0.1, -0.05) is 6.07 Å². The van der Waals surface area contributed by atoms with E-state index in [2.05, 4.69) is 9.97 Å². The molecular formula is C14H8F5N3. The second kappa shape index (κ2) is 4.75. The van der Waals surface area contributed by atoms with Gasteiger partial charge in [0.15, 0.2) is 17.3 Å². The number of aromatic nitrogens is 3. The number of imidazole rings is 1. The van der Waals surface area contributed by atoms with Gasteiger partial charge in [0, 0.05) is 13.2 Å². The zero-order valence-corrected chi connectivity index (χ0v) is 11.1. The van der Waals surface area contributed by atoms with Crippen molar-refractivity contribution in [3.05, 3.63) is 47.7 Å². The van der Waals surface area contributed by atoms with Crippen LogP contribution in [0.4, 0.5) is 22.0 Å². The van der Waals surface area contributed by atoms with Crippen LogP contribution in [0.15, 0.2) is 30.5 Å². The number of alkyl halides is 3. The number of hydrogen-bond acceptors (Lipinski definition) is 2. The summed E-state index contributed by atoms with van der Waals surface area (Å²) in [5, 5.41) is 0. The van der Waals surface area contributed by atoms with Gasteiger partial charge >= 0.3 is 6.18 Å². The standard InChI is InChI=1S/C14H8F5N3/c1-22-12(8-3-2-4-9(15)11(8)16)21-10-5-7(14(17,18)19)6-20-13(10)22/h2-6H,1H3. The van der Waals surface area contributed by atoms with Crippen LogP contribution < -0.4 is 0 Å². The molecule has 114 valence electrons. The number of aryl methyl sites for hydroxylation is 1. The van der Waals surface area contributed by atoms with Gasteiger partial charge in [-0.2, -0.15) is 13.2 Å². The van der Waals surface area contributed by atoms with E-state index < -0.39 is 23.4 Å². The number of pyridine rings is 1. The summed E-state index contributed by atoms with van der Waals surface area (Å²) in [5.41, 5.74) is -0.999. The average molecular weight is 313 g/mol. The first-order valence-electron chi connectivity index (χ1n) is 6.13. The molecule has 0 bridgehead atoms. The van der Waals surface area contributed by atoms with Crippen molar-refractivity contribution in [3.8, 4) is 11.4 Å². The highest BCUT2D eigenvalue weighted by atomic mass is 19.4. The maximum Gasteiger partial charge on any atom is 0.417 e. The van der Waals surface area contributed by atoms with E-state index in [1.54, 1.807) is 0 Å². The number of nitrogens with zero attached hydrogens (tertiary/aromatic N) is 3. The van der Waals surface area contributed by atoms with Gasteiger partial charge < -0.3 is 4.57 Å². The molecule has 0 spiro atoms. The lowest BCUT2D eigenvalue weighted by molar-refractivity contribution is -0.137. The van der Waals surface area contributed by atoms with Gasteiger partial charge in [-0.05, 0) is 18.2 Å². The molecule has 0 aliphatic rings. The number of halogens is 5. The molecule has 3 rings (SSSR count). The maximum absolute atomic E-state index is 13.8. The largest absolute Gasteiger partial charge is 0.417 e. The predicted molar refractivity (Wildman–Crippen MR) is 68.9 cm³/mol. The van der Waals surface area contributed by atoms with Crippen molar-refractivity contribution < 1.29 is 22.0 Å². The molecule has 0 radical (unpaired) electrons. The minimum absolute atomic E-state index is 0.00109. The Bertz CT molecular complexity index is 867. The molecule has 0 saturated heterocycles. The third-order valence-corrected chi connectivity index (χ3v) is 3.23. The third-order valence-electron chi connectivity index (χ3n) is 3.23. The van der Waals surface area contributed by atoms with Gasteiger partial charge in [-0.25, -0.2) is 18.7 Å². The lowest BCUT2D eigenvalue weighted by Gasteiger charge is -2.05. The van der Waals surface area contributed by atoms with Gasteiger partial charge in [0.05, 0.1) is 11.1 Å². The Balaban J connectivity index is 2.24. The highest BCUT2D eigenvalue weighted by molar-refractivity contribution is 5.77. The van der Waals surface area contributed by atoms with Crippen LogP contribution in [0.25, 0.3) is 22.6 Å². The second-order valence-electron chi connectivity index (χ2n) is 4.66. The predicted octanol–water partition coefficient (Wildman–Crippen LogP) is 3.93. The van der Waals surface area contributed by atoms with Gasteiger partial charge in [0.2, 0.25) is 0 Å².